The molecular formula is C17H18N2OS. The van der Waals surface area contributed by atoms with E-state index >= 15 is 0 Å². The van der Waals surface area contributed by atoms with E-state index < -0.39 is 0 Å². The average molecular weight is 298 g/mol. The number of carbonyl (C=O) groups is 1. The molecule has 108 valence electrons. The van der Waals surface area contributed by atoms with Crippen molar-refractivity contribution in [3.05, 3.63) is 57.3 Å². The number of hydrogen-bond donors (Lipinski definition) is 2. The van der Waals surface area contributed by atoms with Crippen LogP contribution in [-0.2, 0) is 6.42 Å². The van der Waals surface area contributed by atoms with E-state index in [-0.39, 0.29) is 5.91 Å². The Labute approximate surface area is 129 Å². The first kappa shape index (κ1) is 15.3. The third-order valence-electron chi connectivity index (χ3n) is 3.10. The van der Waals surface area contributed by atoms with Gasteiger partial charge in [-0.1, -0.05) is 17.9 Å². The molecule has 21 heavy (non-hydrogen) atoms. The molecule has 3 nitrogen and oxygen atoms in total. The number of nitrogens with one attached hydrogen (secondary N) is 1. The van der Waals surface area contributed by atoms with Gasteiger partial charge in [-0.25, -0.2) is 0 Å². The van der Waals surface area contributed by atoms with E-state index in [0.717, 1.165) is 17.5 Å². The maximum atomic E-state index is 12.1. The molecule has 0 spiro atoms. The molecule has 0 radical (unpaired) electrons. The summed E-state index contributed by atoms with van der Waals surface area (Å²) < 4.78 is 0. The van der Waals surface area contributed by atoms with Gasteiger partial charge in [0.25, 0.3) is 5.91 Å². The molecule has 1 heterocycles. The summed E-state index contributed by atoms with van der Waals surface area (Å²) in [5.41, 5.74) is 9.16. The molecule has 2 aromatic rings. The smallest absolute Gasteiger partial charge is 0.251 e. The summed E-state index contributed by atoms with van der Waals surface area (Å²) in [5, 5.41) is 7.07. The molecule has 4 heteroatoms. The van der Waals surface area contributed by atoms with Crippen molar-refractivity contribution in [3.8, 4) is 11.8 Å². The quantitative estimate of drug-likeness (QED) is 0.851. The van der Waals surface area contributed by atoms with Gasteiger partial charge in [-0.15, -0.1) is 0 Å². The summed E-state index contributed by atoms with van der Waals surface area (Å²) in [6.07, 6.45) is 0.848. The van der Waals surface area contributed by atoms with E-state index in [4.69, 9.17) is 5.73 Å². The minimum Gasteiger partial charge on any atom is -0.352 e. The van der Waals surface area contributed by atoms with Crippen LogP contribution in [0.3, 0.4) is 0 Å². The van der Waals surface area contributed by atoms with Gasteiger partial charge in [0.1, 0.15) is 0 Å². The number of hydrogen-bond acceptors (Lipinski definition) is 3. The van der Waals surface area contributed by atoms with Crippen molar-refractivity contribution >= 4 is 17.2 Å². The summed E-state index contributed by atoms with van der Waals surface area (Å²) in [6.45, 7) is 2.92. The van der Waals surface area contributed by atoms with Gasteiger partial charge in [0.05, 0.1) is 6.54 Å². The number of aryl methyl sites for hydroxylation is 1. The molecule has 3 N–H and O–H groups in total. The van der Waals surface area contributed by atoms with Crippen LogP contribution in [-0.4, -0.2) is 19.0 Å². The van der Waals surface area contributed by atoms with Crippen molar-refractivity contribution in [2.45, 2.75) is 13.3 Å². The predicted molar refractivity (Wildman–Crippen MR) is 87.5 cm³/mol. The van der Waals surface area contributed by atoms with Gasteiger partial charge >= 0.3 is 0 Å². The van der Waals surface area contributed by atoms with Crippen LogP contribution in [0.5, 0.6) is 0 Å². The third-order valence-corrected chi connectivity index (χ3v) is 3.84. The molecule has 0 atom stereocenters. The van der Waals surface area contributed by atoms with E-state index in [0.29, 0.717) is 18.7 Å². The zero-order valence-corrected chi connectivity index (χ0v) is 12.8. The highest BCUT2D eigenvalue weighted by molar-refractivity contribution is 7.07. The molecule has 0 fully saturated rings. The van der Waals surface area contributed by atoms with Crippen molar-refractivity contribution < 1.29 is 4.79 Å². The predicted octanol–water partition coefficient (Wildman–Crippen LogP) is 2.34. The fourth-order valence-electron chi connectivity index (χ4n) is 1.90. The monoisotopic (exact) mass is 298 g/mol. The summed E-state index contributed by atoms with van der Waals surface area (Å²) in [4.78, 5) is 12.1. The number of nitrogens with two attached hydrogens (primary N) is 1. The molecule has 1 amide bonds. The molecule has 0 saturated heterocycles. The molecule has 0 aliphatic heterocycles. The molecule has 2 rings (SSSR count). The lowest BCUT2D eigenvalue weighted by Crippen LogP contribution is -2.25. The molecule has 0 saturated carbocycles. The van der Waals surface area contributed by atoms with Crippen LogP contribution in [0.25, 0.3) is 0 Å². The van der Waals surface area contributed by atoms with E-state index in [1.807, 2.05) is 30.5 Å². The molecule has 0 bridgehead atoms. The first-order valence-corrected chi connectivity index (χ1v) is 7.74. The van der Waals surface area contributed by atoms with Gasteiger partial charge in [0.2, 0.25) is 0 Å². The number of rotatable bonds is 4. The summed E-state index contributed by atoms with van der Waals surface area (Å²) in [6, 6.07) is 7.62. The summed E-state index contributed by atoms with van der Waals surface area (Å²) in [7, 11) is 0. The highest BCUT2D eigenvalue weighted by Gasteiger charge is 2.07. The van der Waals surface area contributed by atoms with Crippen LogP contribution in [0, 0.1) is 18.8 Å². The molecule has 0 aliphatic carbocycles. The van der Waals surface area contributed by atoms with Crippen molar-refractivity contribution in [1.82, 2.24) is 5.32 Å². The van der Waals surface area contributed by atoms with Crippen molar-refractivity contribution in [3.63, 3.8) is 0 Å². The van der Waals surface area contributed by atoms with Gasteiger partial charge in [0.15, 0.2) is 0 Å². The number of carbonyl (C=O) groups excluding carboxylic acids is 1. The van der Waals surface area contributed by atoms with E-state index in [1.165, 1.54) is 5.56 Å². The topological polar surface area (TPSA) is 55.1 Å². The van der Waals surface area contributed by atoms with E-state index in [1.54, 1.807) is 11.3 Å². The highest BCUT2D eigenvalue weighted by atomic mass is 32.1. The van der Waals surface area contributed by atoms with Crippen molar-refractivity contribution in [2.24, 2.45) is 5.73 Å². The number of thiophene rings is 1. The normalized spacial score (nSPS) is 9.81. The molecule has 0 aliphatic rings. The van der Waals surface area contributed by atoms with Crippen LogP contribution in [0.15, 0.2) is 35.0 Å². The Kier molecular flexibility index (Phi) is 5.56. The van der Waals surface area contributed by atoms with Gasteiger partial charge in [0, 0.05) is 17.7 Å². The first-order chi connectivity index (χ1) is 10.2. The Morgan fingerprint density at radius 3 is 2.95 bits per heavy atom. The highest BCUT2D eigenvalue weighted by Crippen LogP contribution is 2.10. The standard InChI is InChI=1S/C17H18N2OS/c1-13-4-5-16(11-15(13)3-2-8-18)17(20)19-9-6-14-7-10-21-12-14/h4-5,7,10-12H,6,8-9,18H2,1H3,(H,19,20). The van der Waals surface area contributed by atoms with Crippen LogP contribution in [0.1, 0.15) is 27.0 Å². The SMILES string of the molecule is Cc1ccc(C(=O)NCCc2ccsc2)cc1C#CCN. The van der Waals surface area contributed by atoms with Gasteiger partial charge < -0.3 is 11.1 Å². The number of amides is 1. The number of benzene rings is 1. The van der Waals surface area contributed by atoms with Gasteiger partial charge in [-0.3, -0.25) is 4.79 Å². The fourth-order valence-corrected chi connectivity index (χ4v) is 2.60. The second-order valence-corrected chi connectivity index (χ2v) is 5.45. The fraction of sp³-hybridized carbons (Fsp3) is 0.235. The maximum absolute atomic E-state index is 12.1. The lowest BCUT2D eigenvalue weighted by atomic mass is 10.0. The Hall–Kier alpha value is -2.09. The Morgan fingerprint density at radius 1 is 1.38 bits per heavy atom. The summed E-state index contributed by atoms with van der Waals surface area (Å²) >= 11 is 1.67. The minimum absolute atomic E-state index is 0.0685. The average Bonchev–Trinajstić information content (AvgIpc) is 2.99. The zero-order chi connectivity index (χ0) is 15.1. The van der Waals surface area contributed by atoms with Crippen LogP contribution >= 0.6 is 11.3 Å². The van der Waals surface area contributed by atoms with Crippen LogP contribution in [0.2, 0.25) is 0 Å². The first-order valence-electron chi connectivity index (χ1n) is 6.79. The Morgan fingerprint density at radius 2 is 2.24 bits per heavy atom. The molecule has 0 unspecified atom stereocenters. The van der Waals surface area contributed by atoms with Gasteiger partial charge in [-0.2, -0.15) is 11.3 Å². The minimum atomic E-state index is -0.0685. The van der Waals surface area contributed by atoms with E-state index in [9.17, 15) is 4.79 Å². The Balaban J connectivity index is 1.98. The maximum Gasteiger partial charge on any atom is 0.251 e. The third kappa shape index (κ3) is 4.45. The van der Waals surface area contributed by atoms with Crippen molar-refractivity contribution in [2.75, 3.05) is 13.1 Å². The Bertz CT molecular complexity index is 666. The second kappa shape index (κ2) is 7.63. The lowest BCUT2D eigenvalue weighted by Gasteiger charge is -2.06. The second-order valence-electron chi connectivity index (χ2n) is 4.67. The molecule has 1 aromatic carbocycles. The van der Waals surface area contributed by atoms with Crippen LogP contribution < -0.4 is 11.1 Å². The van der Waals surface area contributed by atoms with Gasteiger partial charge in [-0.05, 0) is 53.4 Å². The molecule has 1 aromatic heterocycles. The van der Waals surface area contributed by atoms with Crippen LogP contribution in [0.4, 0.5) is 0 Å². The lowest BCUT2D eigenvalue weighted by molar-refractivity contribution is 0.0954. The molecular weight excluding hydrogens is 280 g/mol. The van der Waals surface area contributed by atoms with E-state index in [2.05, 4.69) is 28.6 Å². The van der Waals surface area contributed by atoms with Crippen molar-refractivity contribution in [1.29, 1.82) is 0 Å². The summed E-state index contributed by atoms with van der Waals surface area (Å²) in [5.74, 6) is 5.74. The largest absolute Gasteiger partial charge is 0.352 e. The zero-order valence-electron chi connectivity index (χ0n) is 12.0.